The first-order valence-electron chi connectivity index (χ1n) is 6.26. The molecule has 0 aliphatic heterocycles. The molecule has 1 aromatic heterocycles. The highest BCUT2D eigenvalue weighted by molar-refractivity contribution is 5.08. The highest BCUT2D eigenvalue weighted by Crippen LogP contribution is 2.37. The fourth-order valence-corrected chi connectivity index (χ4v) is 2.52. The van der Waals surface area contributed by atoms with Crippen LogP contribution in [0.4, 0.5) is 13.2 Å². The maximum Gasteiger partial charge on any atom is 0.393 e. The summed E-state index contributed by atoms with van der Waals surface area (Å²) in [6.45, 7) is 0.449. The van der Waals surface area contributed by atoms with Crippen LogP contribution in [0.15, 0.2) is 24.5 Å². The van der Waals surface area contributed by atoms with Gasteiger partial charge in [0.05, 0.1) is 5.92 Å². The van der Waals surface area contributed by atoms with E-state index in [1.807, 2.05) is 6.07 Å². The molecule has 0 radical (unpaired) electrons. The Morgan fingerprint density at radius 2 is 2.06 bits per heavy atom. The second kappa shape index (κ2) is 5.69. The molecule has 2 rings (SSSR count). The Bertz CT molecular complexity index is 364. The molecule has 1 aliphatic carbocycles. The third-order valence-electron chi connectivity index (χ3n) is 3.48. The summed E-state index contributed by atoms with van der Waals surface area (Å²) in [5.41, 5.74) is 0.920. The molecule has 18 heavy (non-hydrogen) atoms. The van der Waals surface area contributed by atoms with E-state index in [0.717, 1.165) is 12.0 Å². The summed E-state index contributed by atoms with van der Waals surface area (Å²) in [4.78, 5) is 3.95. The smallest absolute Gasteiger partial charge is 0.309 e. The normalized spacial score (nSPS) is 25.1. The maximum atomic E-state index is 12.9. The number of alkyl halides is 3. The van der Waals surface area contributed by atoms with E-state index in [9.17, 15) is 13.2 Å². The number of nitrogens with one attached hydrogen (secondary N) is 1. The zero-order chi connectivity index (χ0) is 13.0. The Morgan fingerprint density at radius 3 is 2.72 bits per heavy atom. The third-order valence-corrected chi connectivity index (χ3v) is 3.48. The number of pyridine rings is 1. The van der Waals surface area contributed by atoms with Gasteiger partial charge < -0.3 is 5.32 Å². The van der Waals surface area contributed by atoms with Crippen molar-refractivity contribution in [1.29, 1.82) is 0 Å². The van der Waals surface area contributed by atoms with Gasteiger partial charge in [-0.05, 0) is 24.5 Å². The molecule has 2 unspecified atom stereocenters. The van der Waals surface area contributed by atoms with Gasteiger partial charge in [-0.1, -0.05) is 18.9 Å². The lowest BCUT2D eigenvalue weighted by Crippen LogP contribution is -2.45. The molecule has 0 aromatic carbocycles. The van der Waals surface area contributed by atoms with Crippen molar-refractivity contribution in [3.63, 3.8) is 0 Å². The molecular weight excluding hydrogens is 241 g/mol. The number of halogens is 3. The van der Waals surface area contributed by atoms with Crippen molar-refractivity contribution < 1.29 is 13.2 Å². The van der Waals surface area contributed by atoms with Crippen molar-refractivity contribution in [3.8, 4) is 0 Å². The third kappa shape index (κ3) is 3.45. The molecule has 1 aromatic rings. The summed E-state index contributed by atoms with van der Waals surface area (Å²) in [6, 6.07) is 3.20. The van der Waals surface area contributed by atoms with Crippen LogP contribution in [0.25, 0.3) is 0 Å². The molecule has 100 valence electrons. The zero-order valence-corrected chi connectivity index (χ0v) is 10.1. The molecule has 2 nitrogen and oxygen atoms in total. The zero-order valence-electron chi connectivity index (χ0n) is 10.1. The van der Waals surface area contributed by atoms with Crippen LogP contribution < -0.4 is 5.32 Å². The van der Waals surface area contributed by atoms with Crippen molar-refractivity contribution in [2.45, 2.75) is 44.4 Å². The molecule has 0 saturated heterocycles. The molecule has 1 N–H and O–H groups in total. The van der Waals surface area contributed by atoms with Crippen molar-refractivity contribution in [1.82, 2.24) is 10.3 Å². The fraction of sp³-hybridized carbons (Fsp3) is 0.615. The van der Waals surface area contributed by atoms with Gasteiger partial charge >= 0.3 is 6.18 Å². The van der Waals surface area contributed by atoms with Gasteiger partial charge in [0, 0.05) is 25.0 Å². The Morgan fingerprint density at radius 1 is 1.28 bits per heavy atom. The van der Waals surface area contributed by atoms with E-state index < -0.39 is 18.1 Å². The van der Waals surface area contributed by atoms with Crippen LogP contribution in [-0.4, -0.2) is 17.2 Å². The Balaban J connectivity index is 1.94. The average molecular weight is 258 g/mol. The summed E-state index contributed by atoms with van der Waals surface area (Å²) >= 11 is 0. The van der Waals surface area contributed by atoms with Crippen LogP contribution in [0.3, 0.4) is 0 Å². The first kappa shape index (κ1) is 13.3. The fourth-order valence-electron chi connectivity index (χ4n) is 2.52. The van der Waals surface area contributed by atoms with Gasteiger partial charge in [0.2, 0.25) is 0 Å². The summed E-state index contributed by atoms with van der Waals surface area (Å²) < 4.78 is 38.6. The molecular formula is C13H17F3N2. The quantitative estimate of drug-likeness (QED) is 0.899. The highest BCUT2D eigenvalue weighted by atomic mass is 19.4. The minimum atomic E-state index is -4.09. The van der Waals surface area contributed by atoms with E-state index in [1.165, 1.54) is 0 Å². The molecule has 1 fully saturated rings. The van der Waals surface area contributed by atoms with Crippen molar-refractivity contribution in [3.05, 3.63) is 30.1 Å². The van der Waals surface area contributed by atoms with E-state index in [-0.39, 0.29) is 6.42 Å². The largest absolute Gasteiger partial charge is 0.393 e. The lowest BCUT2D eigenvalue weighted by molar-refractivity contribution is -0.189. The minimum absolute atomic E-state index is 0.244. The van der Waals surface area contributed by atoms with E-state index in [2.05, 4.69) is 10.3 Å². The summed E-state index contributed by atoms with van der Waals surface area (Å²) in [5, 5.41) is 3.03. The highest BCUT2D eigenvalue weighted by Gasteiger charge is 2.45. The van der Waals surface area contributed by atoms with Gasteiger partial charge in [0.1, 0.15) is 0 Å². The lowest BCUT2D eigenvalue weighted by Gasteiger charge is -2.33. The van der Waals surface area contributed by atoms with E-state index in [1.54, 1.807) is 18.5 Å². The molecule has 1 heterocycles. The van der Waals surface area contributed by atoms with E-state index in [0.29, 0.717) is 19.4 Å². The summed E-state index contributed by atoms with van der Waals surface area (Å²) in [5.74, 6) is -1.21. The van der Waals surface area contributed by atoms with Gasteiger partial charge in [0.25, 0.3) is 0 Å². The van der Waals surface area contributed by atoms with Gasteiger partial charge in [0.15, 0.2) is 0 Å². The molecule has 5 heteroatoms. The second-order valence-corrected chi connectivity index (χ2v) is 4.78. The number of rotatable bonds is 3. The van der Waals surface area contributed by atoms with Gasteiger partial charge in [-0.15, -0.1) is 0 Å². The van der Waals surface area contributed by atoms with Crippen LogP contribution >= 0.6 is 0 Å². The van der Waals surface area contributed by atoms with Gasteiger partial charge in [-0.3, -0.25) is 4.98 Å². The van der Waals surface area contributed by atoms with Crippen molar-refractivity contribution >= 4 is 0 Å². The molecule has 2 atom stereocenters. The van der Waals surface area contributed by atoms with E-state index in [4.69, 9.17) is 0 Å². The Kier molecular flexibility index (Phi) is 4.22. The average Bonchev–Trinajstić information content (AvgIpc) is 2.37. The minimum Gasteiger partial charge on any atom is -0.309 e. The molecule has 0 amide bonds. The van der Waals surface area contributed by atoms with E-state index >= 15 is 0 Å². The molecule has 1 saturated carbocycles. The number of aromatic nitrogens is 1. The summed E-state index contributed by atoms with van der Waals surface area (Å²) in [6.07, 6.45) is 1.64. The first-order chi connectivity index (χ1) is 8.57. The predicted molar refractivity (Wildman–Crippen MR) is 62.9 cm³/mol. The lowest BCUT2D eigenvalue weighted by atomic mass is 9.84. The topological polar surface area (TPSA) is 24.9 Å². The molecule has 0 bridgehead atoms. The maximum absolute atomic E-state index is 12.9. The predicted octanol–water partition coefficient (Wildman–Crippen LogP) is 3.29. The van der Waals surface area contributed by atoms with Crippen LogP contribution in [-0.2, 0) is 6.54 Å². The van der Waals surface area contributed by atoms with Crippen molar-refractivity contribution in [2.24, 2.45) is 5.92 Å². The van der Waals surface area contributed by atoms with Crippen LogP contribution in [0, 0.1) is 5.92 Å². The van der Waals surface area contributed by atoms with Gasteiger partial charge in [-0.25, -0.2) is 0 Å². The number of nitrogens with zero attached hydrogens (tertiary/aromatic N) is 1. The second-order valence-electron chi connectivity index (χ2n) is 4.78. The van der Waals surface area contributed by atoms with Gasteiger partial charge in [-0.2, -0.15) is 13.2 Å². The molecule has 0 spiro atoms. The van der Waals surface area contributed by atoms with Crippen molar-refractivity contribution in [2.75, 3.05) is 0 Å². The monoisotopic (exact) mass is 258 g/mol. The Labute approximate surface area is 105 Å². The standard InChI is InChI=1S/C13H17F3N2/c14-13(15,16)11-5-1-2-6-12(11)18-9-10-4-3-7-17-8-10/h3-4,7-8,11-12,18H,1-2,5-6,9H2. The Hall–Kier alpha value is -1.10. The van der Waals surface area contributed by atoms with Crippen LogP contribution in [0.2, 0.25) is 0 Å². The van der Waals surface area contributed by atoms with Crippen LogP contribution in [0.1, 0.15) is 31.2 Å². The first-order valence-corrected chi connectivity index (χ1v) is 6.26. The van der Waals surface area contributed by atoms with Crippen LogP contribution in [0.5, 0.6) is 0 Å². The number of hydrogen-bond acceptors (Lipinski definition) is 2. The summed E-state index contributed by atoms with van der Waals surface area (Å²) in [7, 11) is 0. The number of hydrogen-bond donors (Lipinski definition) is 1. The SMILES string of the molecule is FC(F)(F)C1CCCCC1NCc1cccnc1. The molecule has 1 aliphatic rings.